The number of carbonyl (C=O) groups excluding carboxylic acids is 2. The van der Waals surface area contributed by atoms with Gasteiger partial charge in [-0.25, -0.2) is 4.39 Å². The number of nitrogens with zero attached hydrogens (tertiary/aromatic N) is 1. The lowest BCUT2D eigenvalue weighted by molar-refractivity contribution is -0.114. The number of likely N-dealkylation sites (tertiary alicyclic amines) is 1. The molecule has 2 amide bonds. The molecule has 3 rings (SSSR count). The van der Waals surface area contributed by atoms with Crippen LogP contribution in [0, 0.1) is 17.7 Å². The molecule has 0 bridgehead atoms. The Morgan fingerprint density at radius 1 is 1.13 bits per heavy atom. The van der Waals surface area contributed by atoms with Crippen molar-refractivity contribution >= 4 is 17.5 Å². The lowest BCUT2D eigenvalue weighted by Crippen LogP contribution is -2.41. The molecule has 0 radical (unpaired) electrons. The van der Waals surface area contributed by atoms with Gasteiger partial charge in [0.2, 0.25) is 5.91 Å². The second-order valence-electron chi connectivity index (χ2n) is 6.70. The fourth-order valence-electron chi connectivity index (χ4n) is 3.61. The van der Waals surface area contributed by atoms with E-state index >= 15 is 0 Å². The number of nitrogens with one attached hydrogen (secondary N) is 1. The number of halogens is 1. The molecule has 0 aromatic heterocycles. The summed E-state index contributed by atoms with van der Waals surface area (Å²) in [7, 11) is 0. The van der Waals surface area contributed by atoms with E-state index in [1.165, 1.54) is 38.3 Å². The zero-order chi connectivity index (χ0) is 16.4. The maximum absolute atomic E-state index is 14.0. The minimum absolute atomic E-state index is 0.109. The van der Waals surface area contributed by atoms with Crippen LogP contribution in [-0.2, 0) is 4.79 Å². The van der Waals surface area contributed by atoms with Crippen molar-refractivity contribution in [3.63, 3.8) is 0 Å². The van der Waals surface area contributed by atoms with Crippen molar-refractivity contribution in [1.82, 2.24) is 4.90 Å². The van der Waals surface area contributed by atoms with Gasteiger partial charge in [-0.1, -0.05) is 19.3 Å². The highest BCUT2D eigenvalue weighted by Crippen LogP contribution is 2.38. The van der Waals surface area contributed by atoms with Gasteiger partial charge in [0.1, 0.15) is 5.82 Å². The third-order valence-corrected chi connectivity index (χ3v) is 5.17. The van der Waals surface area contributed by atoms with Gasteiger partial charge in [0.05, 0.1) is 5.69 Å². The van der Waals surface area contributed by atoms with Crippen molar-refractivity contribution in [1.29, 1.82) is 0 Å². The van der Waals surface area contributed by atoms with E-state index in [1.54, 1.807) is 6.07 Å². The number of hydrogen-bond donors (Lipinski definition) is 1. The van der Waals surface area contributed by atoms with Gasteiger partial charge in [-0.2, -0.15) is 0 Å². The summed E-state index contributed by atoms with van der Waals surface area (Å²) in [4.78, 5) is 25.3. The molecule has 0 unspecified atom stereocenters. The molecule has 2 aliphatic rings. The first kappa shape index (κ1) is 16.0. The summed E-state index contributed by atoms with van der Waals surface area (Å²) in [6.07, 6.45) is 6.15. The second-order valence-corrected chi connectivity index (χ2v) is 6.70. The molecule has 1 aromatic carbocycles. The average Bonchev–Trinajstić information content (AvgIpc) is 2.47. The van der Waals surface area contributed by atoms with Crippen LogP contribution < -0.4 is 5.32 Å². The monoisotopic (exact) mass is 318 g/mol. The summed E-state index contributed by atoms with van der Waals surface area (Å²) in [6.45, 7) is 2.84. The molecule has 1 saturated heterocycles. The van der Waals surface area contributed by atoms with Gasteiger partial charge in [-0.3, -0.25) is 9.59 Å². The third kappa shape index (κ3) is 3.54. The maximum atomic E-state index is 14.0. The second kappa shape index (κ2) is 6.69. The van der Waals surface area contributed by atoms with Gasteiger partial charge in [-0.05, 0) is 42.9 Å². The molecule has 5 heteroatoms. The minimum Gasteiger partial charge on any atom is -0.339 e. The van der Waals surface area contributed by atoms with Crippen molar-refractivity contribution < 1.29 is 14.0 Å². The molecule has 124 valence electrons. The van der Waals surface area contributed by atoms with Crippen LogP contribution in [0.25, 0.3) is 0 Å². The first-order valence-electron chi connectivity index (χ1n) is 8.41. The lowest BCUT2D eigenvalue weighted by Gasteiger charge is -2.39. The van der Waals surface area contributed by atoms with Crippen LogP contribution in [0.1, 0.15) is 49.4 Å². The highest BCUT2D eigenvalue weighted by molar-refractivity contribution is 5.95. The Balaban J connectivity index is 1.62. The Morgan fingerprint density at radius 3 is 2.30 bits per heavy atom. The van der Waals surface area contributed by atoms with Crippen molar-refractivity contribution in [2.45, 2.75) is 39.0 Å². The molecule has 1 aromatic rings. The highest BCUT2D eigenvalue weighted by Gasteiger charge is 2.31. The van der Waals surface area contributed by atoms with E-state index in [9.17, 15) is 14.0 Å². The van der Waals surface area contributed by atoms with Crippen LogP contribution in [0.15, 0.2) is 18.2 Å². The molecule has 0 atom stereocenters. The zero-order valence-electron chi connectivity index (χ0n) is 13.5. The first-order chi connectivity index (χ1) is 11.0. The quantitative estimate of drug-likeness (QED) is 0.928. The Kier molecular flexibility index (Phi) is 4.64. The minimum atomic E-state index is -0.574. The Hall–Kier alpha value is -1.91. The summed E-state index contributed by atoms with van der Waals surface area (Å²) in [6, 6.07) is 4.24. The molecular weight excluding hydrogens is 295 g/mol. The summed E-state index contributed by atoms with van der Waals surface area (Å²) in [5.74, 6) is 0.593. The zero-order valence-corrected chi connectivity index (χ0v) is 13.5. The molecular formula is C18H23FN2O2. The molecule has 1 heterocycles. The molecule has 1 N–H and O–H groups in total. The topological polar surface area (TPSA) is 49.4 Å². The van der Waals surface area contributed by atoms with E-state index in [2.05, 4.69) is 5.32 Å². The molecule has 4 nitrogen and oxygen atoms in total. The van der Waals surface area contributed by atoms with Gasteiger partial charge in [-0.15, -0.1) is 0 Å². The van der Waals surface area contributed by atoms with Gasteiger partial charge < -0.3 is 10.2 Å². The van der Waals surface area contributed by atoms with E-state index in [-0.39, 0.29) is 17.5 Å². The van der Waals surface area contributed by atoms with Crippen LogP contribution in [-0.4, -0.2) is 29.8 Å². The number of anilines is 1. The smallest absolute Gasteiger partial charge is 0.253 e. The van der Waals surface area contributed by atoms with Gasteiger partial charge in [0, 0.05) is 25.6 Å². The fraction of sp³-hybridized carbons (Fsp3) is 0.556. The van der Waals surface area contributed by atoms with Crippen molar-refractivity contribution in [2.75, 3.05) is 18.4 Å². The Bertz CT molecular complexity index is 605. The summed E-state index contributed by atoms with van der Waals surface area (Å²) in [5, 5.41) is 2.41. The Morgan fingerprint density at radius 2 is 1.78 bits per heavy atom. The van der Waals surface area contributed by atoms with Crippen LogP contribution in [0.3, 0.4) is 0 Å². The van der Waals surface area contributed by atoms with Crippen LogP contribution in [0.4, 0.5) is 10.1 Å². The molecule has 1 aliphatic carbocycles. The van der Waals surface area contributed by atoms with Crippen molar-refractivity contribution in [2.24, 2.45) is 11.8 Å². The average molecular weight is 318 g/mol. The maximum Gasteiger partial charge on any atom is 0.253 e. The molecule has 1 saturated carbocycles. The largest absolute Gasteiger partial charge is 0.339 e. The number of rotatable bonds is 3. The van der Waals surface area contributed by atoms with Crippen molar-refractivity contribution in [3.8, 4) is 0 Å². The van der Waals surface area contributed by atoms with Crippen LogP contribution in [0.2, 0.25) is 0 Å². The predicted octanol–water partition coefficient (Wildman–Crippen LogP) is 3.44. The number of carbonyl (C=O) groups is 2. The predicted molar refractivity (Wildman–Crippen MR) is 86.7 cm³/mol. The van der Waals surface area contributed by atoms with Crippen LogP contribution >= 0.6 is 0 Å². The van der Waals surface area contributed by atoms with Gasteiger partial charge >= 0.3 is 0 Å². The molecule has 23 heavy (non-hydrogen) atoms. The SMILES string of the molecule is CC(=O)Nc1ccc(C(=O)N2CCC(C3CCC3)CC2)cc1F. The van der Waals surface area contributed by atoms with E-state index < -0.39 is 5.82 Å². The molecule has 1 aliphatic heterocycles. The van der Waals surface area contributed by atoms with Crippen LogP contribution in [0.5, 0.6) is 0 Å². The number of hydrogen-bond acceptors (Lipinski definition) is 2. The highest BCUT2D eigenvalue weighted by atomic mass is 19.1. The summed E-state index contributed by atoms with van der Waals surface area (Å²) < 4.78 is 14.0. The third-order valence-electron chi connectivity index (χ3n) is 5.17. The number of benzene rings is 1. The lowest BCUT2D eigenvalue weighted by atomic mass is 9.72. The number of piperidine rings is 1. The normalized spacial score (nSPS) is 19.3. The molecule has 0 spiro atoms. The standard InChI is InChI=1S/C18H23FN2O2/c1-12(22)20-17-6-5-15(11-16(17)19)18(23)21-9-7-14(8-10-21)13-3-2-4-13/h5-6,11,13-14H,2-4,7-10H2,1H3,(H,20,22). The van der Waals surface area contributed by atoms with Crippen molar-refractivity contribution in [3.05, 3.63) is 29.6 Å². The van der Waals surface area contributed by atoms with Gasteiger partial charge in [0.15, 0.2) is 0 Å². The summed E-state index contributed by atoms with van der Waals surface area (Å²) >= 11 is 0. The van der Waals surface area contributed by atoms with E-state index in [0.717, 1.165) is 37.8 Å². The number of amides is 2. The molecule has 2 fully saturated rings. The van der Waals surface area contributed by atoms with E-state index in [4.69, 9.17) is 0 Å². The first-order valence-corrected chi connectivity index (χ1v) is 8.41. The van der Waals surface area contributed by atoms with Gasteiger partial charge in [0.25, 0.3) is 5.91 Å². The summed E-state index contributed by atoms with van der Waals surface area (Å²) in [5.41, 5.74) is 0.455. The fourth-order valence-corrected chi connectivity index (χ4v) is 3.61. The van der Waals surface area contributed by atoms with E-state index in [1.807, 2.05) is 4.90 Å². The van der Waals surface area contributed by atoms with E-state index in [0.29, 0.717) is 5.56 Å². The Labute approximate surface area is 136 Å².